The molecule has 1 rings (SSSR count). The number of aromatic nitrogens is 1. The molecule has 2 N–H and O–H groups in total. The van der Waals surface area contributed by atoms with Crippen molar-refractivity contribution in [1.29, 1.82) is 5.26 Å². The first-order valence-electron chi connectivity index (χ1n) is 4.00. The lowest BCUT2D eigenvalue weighted by atomic mass is 10.1. The number of hydrogen-bond donors (Lipinski definition) is 1. The summed E-state index contributed by atoms with van der Waals surface area (Å²) in [7, 11) is 0. The lowest BCUT2D eigenvalue weighted by Crippen LogP contribution is -2.00. The lowest BCUT2D eigenvalue weighted by Gasteiger charge is -1.98. The highest BCUT2D eigenvalue weighted by Crippen LogP contribution is 2.17. The first kappa shape index (κ1) is 9.75. The van der Waals surface area contributed by atoms with Crippen LogP contribution >= 0.6 is 11.3 Å². The van der Waals surface area contributed by atoms with Gasteiger partial charge in [0.2, 0.25) is 0 Å². The smallest absolute Gasteiger partial charge is 0.0981 e. The average molecular weight is 193 g/mol. The predicted octanol–water partition coefficient (Wildman–Crippen LogP) is 2.05. The van der Waals surface area contributed by atoms with E-state index >= 15 is 0 Å². The maximum absolute atomic E-state index is 8.75. The van der Waals surface area contributed by atoms with Crippen molar-refractivity contribution >= 4 is 17.0 Å². The summed E-state index contributed by atoms with van der Waals surface area (Å²) in [5.74, 6) is 0. The van der Waals surface area contributed by atoms with Gasteiger partial charge in [-0.15, -0.1) is 11.3 Å². The molecule has 0 bridgehead atoms. The Labute approximate surface area is 81.5 Å². The second kappa shape index (κ2) is 4.06. The number of hydrogen-bond acceptors (Lipinski definition) is 4. The Morgan fingerprint density at radius 1 is 1.77 bits per heavy atom. The van der Waals surface area contributed by atoms with E-state index in [1.807, 2.05) is 19.2 Å². The van der Waals surface area contributed by atoms with Gasteiger partial charge in [0, 0.05) is 5.38 Å². The van der Waals surface area contributed by atoms with Crippen LogP contribution in [0.2, 0.25) is 0 Å². The summed E-state index contributed by atoms with van der Waals surface area (Å²) in [6.45, 7) is 3.82. The highest BCUT2D eigenvalue weighted by molar-refractivity contribution is 7.09. The van der Waals surface area contributed by atoms with Crippen molar-refractivity contribution in [2.45, 2.75) is 20.3 Å². The molecule has 4 heteroatoms. The van der Waals surface area contributed by atoms with Gasteiger partial charge in [0.1, 0.15) is 0 Å². The van der Waals surface area contributed by atoms with Gasteiger partial charge in [-0.3, -0.25) is 0 Å². The van der Waals surface area contributed by atoms with Crippen LogP contribution in [0.5, 0.6) is 0 Å². The highest BCUT2D eigenvalue weighted by atomic mass is 32.1. The molecule has 0 unspecified atom stereocenters. The van der Waals surface area contributed by atoms with E-state index in [2.05, 4.69) is 11.1 Å². The molecule has 3 nitrogen and oxygen atoms in total. The van der Waals surface area contributed by atoms with Crippen LogP contribution in [-0.2, 0) is 0 Å². The molecule has 0 aliphatic heterocycles. The van der Waals surface area contributed by atoms with E-state index in [4.69, 9.17) is 11.0 Å². The van der Waals surface area contributed by atoms with E-state index in [1.54, 1.807) is 0 Å². The number of nitriles is 1. The van der Waals surface area contributed by atoms with E-state index in [-0.39, 0.29) is 0 Å². The summed E-state index contributed by atoms with van der Waals surface area (Å²) in [4.78, 5) is 4.21. The summed E-state index contributed by atoms with van der Waals surface area (Å²) < 4.78 is 0. The largest absolute Gasteiger partial charge is 0.396 e. The van der Waals surface area contributed by atoms with E-state index in [0.717, 1.165) is 10.7 Å². The van der Waals surface area contributed by atoms with Crippen molar-refractivity contribution < 1.29 is 0 Å². The third kappa shape index (κ3) is 2.07. The van der Waals surface area contributed by atoms with Crippen molar-refractivity contribution in [2.24, 2.45) is 5.73 Å². The van der Waals surface area contributed by atoms with Crippen LogP contribution in [0.4, 0.5) is 0 Å². The summed E-state index contributed by atoms with van der Waals surface area (Å²) in [5, 5.41) is 11.6. The molecule has 0 aromatic carbocycles. The maximum atomic E-state index is 8.75. The minimum atomic E-state index is 0.509. The number of nitrogens with two attached hydrogens (primary N) is 1. The summed E-state index contributed by atoms with van der Waals surface area (Å²) in [6, 6.07) is 2.08. The normalized spacial score (nSPS) is 12.1. The topological polar surface area (TPSA) is 62.7 Å². The van der Waals surface area contributed by atoms with Gasteiger partial charge in [0.15, 0.2) is 0 Å². The van der Waals surface area contributed by atoms with Crippen molar-refractivity contribution in [3.63, 3.8) is 0 Å². The zero-order valence-electron chi connectivity index (χ0n) is 7.66. The molecule has 68 valence electrons. The van der Waals surface area contributed by atoms with E-state index in [1.165, 1.54) is 11.3 Å². The van der Waals surface area contributed by atoms with Crippen LogP contribution in [0, 0.1) is 18.3 Å². The molecule has 0 atom stereocenters. The van der Waals surface area contributed by atoms with E-state index < -0.39 is 0 Å². The van der Waals surface area contributed by atoms with Gasteiger partial charge in [-0.2, -0.15) is 5.26 Å². The van der Waals surface area contributed by atoms with Crippen molar-refractivity contribution in [1.82, 2.24) is 4.98 Å². The zero-order chi connectivity index (χ0) is 9.84. The van der Waals surface area contributed by atoms with Crippen molar-refractivity contribution in [3.05, 3.63) is 21.7 Å². The second-order valence-electron chi connectivity index (χ2n) is 2.61. The Morgan fingerprint density at radius 3 is 2.85 bits per heavy atom. The Morgan fingerprint density at radius 2 is 2.46 bits per heavy atom. The van der Waals surface area contributed by atoms with Gasteiger partial charge >= 0.3 is 0 Å². The zero-order valence-corrected chi connectivity index (χ0v) is 8.48. The molecule has 13 heavy (non-hydrogen) atoms. The molecular formula is C9H11N3S. The molecule has 1 heterocycles. The summed E-state index contributed by atoms with van der Waals surface area (Å²) in [6.07, 6.45) is 0.652. The Kier molecular flexibility index (Phi) is 3.04. The molecule has 1 aromatic rings. The van der Waals surface area contributed by atoms with Gasteiger partial charge in [-0.05, 0) is 13.3 Å². The molecule has 0 radical (unpaired) electrons. The van der Waals surface area contributed by atoms with Crippen molar-refractivity contribution in [2.75, 3.05) is 0 Å². The SMILES string of the molecule is CC/C(C#N)=C(\N)c1csc(C)n1. The molecule has 0 amide bonds. The maximum Gasteiger partial charge on any atom is 0.0981 e. The Balaban J connectivity index is 3.09. The highest BCUT2D eigenvalue weighted by Gasteiger charge is 2.06. The van der Waals surface area contributed by atoms with Gasteiger partial charge in [-0.25, -0.2) is 4.98 Å². The number of nitrogens with zero attached hydrogens (tertiary/aromatic N) is 2. The van der Waals surface area contributed by atoms with Crippen LogP contribution in [0.15, 0.2) is 11.0 Å². The molecule has 0 spiro atoms. The van der Waals surface area contributed by atoms with E-state index in [9.17, 15) is 0 Å². The second-order valence-corrected chi connectivity index (χ2v) is 3.67. The Hall–Kier alpha value is -1.34. The summed E-state index contributed by atoms with van der Waals surface area (Å²) in [5.41, 5.74) is 7.61. The monoisotopic (exact) mass is 193 g/mol. The number of thiazole rings is 1. The van der Waals surface area contributed by atoms with Gasteiger partial charge in [0.25, 0.3) is 0 Å². The van der Waals surface area contributed by atoms with Gasteiger partial charge < -0.3 is 5.73 Å². The third-order valence-electron chi connectivity index (χ3n) is 1.71. The molecular weight excluding hydrogens is 182 g/mol. The molecule has 0 saturated heterocycles. The van der Waals surface area contributed by atoms with Crippen LogP contribution < -0.4 is 5.73 Å². The number of allylic oxidation sites excluding steroid dienone is 1. The quantitative estimate of drug-likeness (QED) is 0.731. The minimum absolute atomic E-state index is 0.509. The fraction of sp³-hybridized carbons (Fsp3) is 0.333. The van der Waals surface area contributed by atoms with Crippen LogP contribution in [0.25, 0.3) is 5.70 Å². The van der Waals surface area contributed by atoms with Crippen LogP contribution in [0.1, 0.15) is 24.0 Å². The lowest BCUT2D eigenvalue weighted by molar-refractivity contribution is 1.13. The minimum Gasteiger partial charge on any atom is -0.396 e. The van der Waals surface area contributed by atoms with Gasteiger partial charge in [0.05, 0.1) is 28.0 Å². The molecule has 1 aromatic heterocycles. The Bertz CT molecular complexity index is 370. The number of aryl methyl sites for hydroxylation is 1. The first-order valence-corrected chi connectivity index (χ1v) is 4.88. The summed E-state index contributed by atoms with van der Waals surface area (Å²) >= 11 is 1.54. The molecule has 0 fully saturated rings. The van der Waals surface area contributed by atoms with Crippen molar-refractivity contribution in [3.8, 4) is 6.07 Å². The van der Waals surface area contributed by atoms with Gasteiger partial charge in [-0.1, -0.05) is 6.92 Å². The van der Waals surface area contributed by atoms with Crippen LogP contribution in [-0.4, -0.2) is 4.98 Å². The average Bonchev–Trinajstić information content (AvgIpc) is 2.54. The molecule has 0 aliphatic carbocycles. The predicted molar refractivity (Wildman–Crippen MR) is 53.9 cm³/mol. The number of rotatable bonds is 2. The fourth-order valence-electron chi connectivity index (χ4n) is 0.971. The molecule has 0 saturated carbocycles. The van der Waals surface area contributed by atoms with Crippen LogP contribution in [0.3, 0.4) is 0 Å². The molecule has 0 aliphatic rings. The first-order chi connectivity index (χ1) is 6.19. The standard InChI is InChI=1S/C9H11N3S/c1-3-7(4-10)9(11)8-5-13-6(2)12-8/h5H,3,11H2,1-2H3/b9-7+. The third-order valence-corrected chi connectivity index (χ3v) is 2.48. The fourth-order valence-corrected chi connectivity index (χ4v) is 1.58. The van der Waals surface area contributed by atoms with E-state index in [0.29, 0.717) is 17.7 Å².